The van der Waals surface area contributed by atoms with Crippen LogP contribution in [-0.2, 0) is 5.75 Å². The normalized spacial score (nSPS) is 11.2. The summed E-state index contributed by atoms with van der Waals surface area (Å²) in [6, 6.07) is 5.78. The van der Waals surface area contributed by atoms with Crippen molar-refractivity contribution in [1.82, 2.24) is 15.0 Å². The minimum absolute atomic E-state index is 0.658. The number of aryl methyl sites for hydroxylation is 2. The molecular weight excluding hydrogens is 274 g/mol. The number of hydrogen-bond acceptors (Lipinski definition) is 5. The molecule has 104 valence electrons. The lowest BCUT2D eigenvalue weighted by Crippen LogP contribution is -1.82. The van der Waals surface area contributed by atoms with Gasteiger partial charge in [0.1, 0.15) is 11.5 Å². The van der Waals surface area contributed by atoms with Crippen molar-refractivity contribution < 1.29 is 9.15 Å². The van der Waals surface area contributed by atoms with Gasteiger partial charge in [0, 0.05) is 6.07 Å². The number of H-pyrrole nitrogens is 1. The Bertz CT molecular complexity index is 729. The second kappa shape index (κ2) is 5.20. The van der Waals surface area contributed by atoms with Crippen LogP contribution in [-0.4, -0.2) is 22.1 Å². The Morgan fingerprint density at radius 3 is 2.85 bits per heavy atom. The number of thioether (sulfide) groups is 1. The SMILES string of the molecule is COc1ccc2nc(SCc3nc(C)c(C)o3)[nH]c2c1. The number of benzene rings is 1. The molecule has 6 heteroatoms. The van der Waals surface area contributed by atoms with Crippen LogP contribution in [0.25, 0.3) is 11.0 Å². The lowest BCUT2D eigenvalue weighted by molar-refractivity contribution is 0.415. The number of oxazole rings is 1. The molecule has 0 atom stereocenters. The summed E-state index contributed by atoms with van der Waals surface area (Å²) in [7, 11) is 1.65. The number of nitrogens with zero attached hydrogens (tertiary/aromatic N) is 2. The number of imidazole rings is 1. The van der Waals surface area contributed by atoms with E-state index in [1.807, 2.05) is 32.0 Å². The maximum absolute atomic E-state index is 5.55. The average molecular weight is 289 g/mol. The van der Waals surface area contributed by atoms with Gasteiger partial charge < -0.3 is 14.1 Å². The monoisotopic (exact) mass is 289 g/mol. The number of ether oxygens (including phenoxy) is 1. The number of aromatic amines is 1. The first-order valence-electron chi connectivity index (χ1n) is 6.25. The van der Waals surface area contributed by atoms with Crippen LogP contribution in [0.4, 0.5) is 0 Å². The van der Waals surface area contributed by atoms with E-state index in [9.17, 15) is 0 Å². The molecule has 0 aliphatic heterocycles. The van der Waals surface area contributed by atoms with Crippen molar-refractivity contribution in [3.8, 4) is 5.75 Å². The van der Waals surface area contributed by atoms with Gasteiger partial charge in [-0.2, -0.15) is 0 Å². The zero-order chi connectivity index (χ0) is 14.1. The molecule has 5 nitrogen and oxygen atoms in total. The highest BCUT2D eigenvalue weighted by atomic mass is 32.2. The van der Waals surface area contributed by atoms with Crippen molar-refractivity contribution in [2.45, 2.75) is 24.8 Å². The first-order chi connectivity index (χ1) is 9.65. The minimum Gasteiger partial charge on any atom is -0.497 e. The van der Waals surface area contributed by atoms with E-state index in [1.54, 1.807) is 18.9 Å². The molecule has 0 saturated carbocycles. The number of rotatable bonds is 4. The Labute approximate surface area is 120 Å². The second-order valence-electron chi connectivity index (χ2n) is 4.46. The third-order valence-corrected chi connectivity index (χ3v) is 3.93. The molecule has 0 saturated heterocycles. The van der Waals surface area contributed by atoms with E-state index in [0.717, 1.165) is 39.3 Å². The van der Waals surface area contributed by atoms with Crippen molar-refractivity contribution >= 4 is 22.8 Å². The van der Waals surface area contributed by atoms with E-state index in [1.165, 1.54) is 0 Å². The first kappa shape index (κ1) is 13.1. The quantitative estimate of drug-likeness (QED) is 0.745. The van der Waals surface area contributed by atoms with Crippen LogP contribution in [0.15, 0.2) is 27.8 Å². The van der Waals surface area contributed by atoms with Crippen LogP contribution < -0.4 is 4.74 Å². The molecule has 2 aromatic heterocycles. The molecule has 0 fully saturated rings. The van der Waals surface area contributed by atoms with Crippen LogP contribution >= 0.6 is 11.8 Å². The summed E-state index contributed by atoms with van der Waals surface area (Å²) >= 11 is 1.57. The van der Waals surface area contributed by atoms with Crippen LogP contribution in [0.3, 0.4) is 0 Å². The molecule has 2 heterocycles. The van der Waals surface area contributed by atoms with Gasteiger partial charge in [0.25, 0.3) is 0 Å². The molecule has 0 amide bonds. The molecular formula is C14H15N3O2S. The van der Waals surface area contributed by atoms with Gasteiger partial charge in [-0.05, 0) is 26.0 Å². The third kappa shape index (κ3) is 2.51. The molecule has 0 spiro atoms. The molecule has 0 aliphatic rings. The fourth-order valence-electron chi connectivity index (χ4n) is 1.89. The largest absolute Gasteiger partial charge is 0.497 e. The number of nitrogens with one attached hydrogen (secondary N) is 1. The number of hydrogen-bond donors (Lipinski definition) is 1. The molecule has 0 radical (unpaired) electrons. The molecule has 20 heavy (non-hydrogen) atoms. The van der Waals surface area contributed by atoms with Crippen LogP contribution in [0.1, 0.15) is 17.3 Å². The predicted molar refractivity (Wildman–Crippen MR) is 78.2 cm³/mol. The maximum Gasteiger partial charge on any atom is 0.205 e. The fourth-order valence-corrected chi connectivity index (χ4v) is 2.62. The average Bonchev–Trinajstić information content (AvgIpc) is 2.99. The maximum atomic E-state index is 5.55. The van der Waals surface area contributed by atoms with E-state index in [-0.39, 0.29) is 0 Å². The van der Waals surface area contributed by atoms with Crippen LogP contribution in [0.5, 0.6) is 5.75 Å². The second-order valence-corrected chi connectivity index (χ2v) is 5.43. The van der Waals surface area contributed by atoms with Crippen molar-refractivity contribution in [3.05, 3.63) is 35.5 Å². The van der Waals surface area contributed by atoms with Crippen molar-refractivity contribution in [3.63, 3.8) is 0 Å². The zero-order valence-electron chi connectivity index (χ0n) is 11.6. The van der Waals surface area contributed by atoms with E-state index >= 15 is 0 Å². The molecule has 1 aromatic carbocycles. The summed E-state index contributed by atoms with van der Waals surface area (Å²) in [5.41, 5.74) is 2.83. The lowest BCUT2D eigenvalue weighted by atomic mass is 10.3. The van der Waals surface area contributed by atoms with Gasteiger partial charge in [-0.3, -0.25) is 0 Å². The molecule has 3 aromatic rings. The van der Waals surface area contributed by atoms with Crippen LogP contribution in [0, 0.1) is 13.8 Å². The van der Waals surface area contributed by atoms with E-state index in [2.05, 4.69) is 15.0 Å². The zero-order valence-corrected chi connectivity index (χ0v) is 12.4. The summed E-state index contributed by atoms with van der Waals surface area (Å²) in [6.45, 7) is 3.87. The molecule has 0 bridgehead atoms. The molecule has 0 unspecified atom stereocenters. The Morgan fingerprint density at radius 2 is 2.15 bits per heavy atom. The summed E-state index contributed by atoms with van der Waals surface area (Å²) in [5, 5.41) is 0.849. The van der Waals surface area contributed by atoms with Gasteiger partial charge in [-0.1, -0.05) is 11.8 Å². The van der Waals surface area contributed by atoms with Gasteiger partial charge in [-0.25, -0.2) is 9.97 Å². The fraction of sp³-hybridized carbons (Fsp3) is 0.286. The topological polar surface area (TPSA) is 63.9 Å². The summed E-state index contributed by atoms with van der Waals surface area (Å²) in [6.07, 6.45) is 0. The van der Waals surface area contributed by atoms with Gasteiger partial charge in [0.15, 0.2) is 5.16 Å². The minimum atomic E-state index is 0.658. The standard InChI is InChI=1S/C14H15N3O2S/c1-8-9(2)19-13(15-8)7-20-14-16-11-5-4-10(18-3)6-12(11)17-14/h4-6H,7H2,1-3H3,(H,16,17). The van der Waals surface area contributed by atoms with Gasteiger partial charge in [-0.15, -0.1) is 0 Å². The Kier molecular flexibility index (Phi) is 3.40. The number of methoxy groups -OCH3 is 1. The summed E-state index contributed by atoms with van der Waals surface area (Å²) < 4.78 is 10.8. The number of aromatic nitrogens is 3. The van der Waals surface area contributed by atoms with Gasteiger partial charge in [0.2, 0.25) is 5.89 Å². The highest BCUT2D eigenvalue weighted by Gasteiger charge is 2.09. The number of fused-ring (bicyclic) bond motifs is 1. The molecule has 3 rings (SSSR count). The van der Waals surface area contributed by atoms with Crippen molar-refractivity contribution in [2.75, 3.05) is 7.11 Å². The van der Waals surface area contributed by atoms with Crippen molar-refractivity contribution in [2.24, 2.45) is 0 Å². The van der Waals surface area contributed by atoms with Gasteiger partial charge >= 0.3 is 0 Å². The summed E-state index contributed by atoms with van der Waals surface area (Å²) in [4.78, 5) is 12.1. The van der Waals surface area contributed by atoms with E-state index < -0.39 is 0 Å². The Balaban J connectivity index is 1.77. The third-order valence-electron chi connectivity index (χ3n) is 3.07. The Hall–Kier alpha value is -1.95. The van der Waals surface area contributed by atoms with E-state index in [4.69, 9.17) is 9.15 Å². The molecule has 0 aliphatic carbocycles. The summed E-state index contributed by atoms with van der Waals surface area (Å²) in [5.74, 6) is 3.07. The molecule has 1 N–H and O–H groups in total. The van der Waals surface area contributed by atoms with E-state index in [0.29, 0.717) is 5.75 Å². The smallest absolute Gasteiger partial charge is 0.205 e. The first-order valence-corrected chi connectivity index (χ1v) is 7.24. The predicted octanol–water partition coefficient (Wildman–Crippen LogP) is 3.47. The highest BCUT2D eigenvalue weighted by molar-refractivity contribution is 7.98. The highest BCUT2D eigenvalue weighted by Crippen LogP contribution is 2.25. The van der Waals surface area contributed by atoms with Crippen molar-refractivity contribution in [1.29, 1.82) is 0 Å². The van der Waals surface area contributed by atoms with Crippen LogP contribution in [0.2, 0.25) is 0 Å². The Morgan fingerprint density at radius 1 is 1.30 bits per heavy atom. The van der Waals surface area contributed by atoms with Gasteiger partial charge in [0.05, 0.1) is 29.6 Å². The lowest BCUT2D eigenvalue weighted by Gasteiger charge is -1.96.